The first-order chi connectivity index (χ1) is 17.7. The average Bonchev–Trinajstić information content (AvgIpc) is 3.12. The van der Waals surface area contributed by atoms with E-state index in [1.807, 2.05) is 25.1 Å². The maximum absolute atomic E-state index is 14.1. The fourth-order valence-corrected chi connectivity index (χ4v) is 4.60. The van der Waals surface area contributed by atoms with Crippen LogP contribution >= 0.6 is 12.4 Å². The second-order valence-corrected chi connectivity index (χ2v) is 9.74. The molecule has 0 radical (unpaired) electrons. The molecule has 0 N–H and O–H groups in total. The normalized spacial score (nSPS) is 14.0. The molecule has 1 aromatic heterocycles. The molecule has 2 aromatic carbocycles. The molecule has 1 unspecified atom stereocenters. The van der Waals surface area contributed by atoms with Gasteiger partial charge in [-0.2, -0.15) is 0 Å². The molecule has 11 heteroatoms. The van der Waals surface area contributed by atoms with Gasteiger partial charge in [-0.15, -0.1) is 22.5 Å². The monoisotopic (exact) mass is 558 g/mol. The number of fused-ring (bicyclic) bond motifs is 1. The highest BCUT2D eigenvalue weighted by atomic mass is 35.5. The largest absolute Gasteiger partial charge is 0.459 e. The molecule has 0 saturated carbocycles. The second-order valence-electron chi connectivity index (χ2n) is 8.36. The molecule has 0 spiro atoms. The van der Waals surface area contributed by atoms with Crippen LogP contribution in [0.2, 0.25) is 0 Å². The predicted octanol–water partition coefficient (Wildman–Crippen LogP) is 5.55. The number of hydrogen-bond acceptors (Lipinski definition) is 7. The first-order valence-electron chi connectivity index (χ1n) is 11.2. The van der Waals surface area contributed by atoms with Gasteiger partial charge in [-0.3, -0.25) is 14.0 Å². The third-order valence-corrected chi connectivity index (χ3v) is 6.83. The number of carbonyl (C=O) groups is 1. The standard InChI is InChI=1S/C27H23FN2O6S.ClH/c1-17-24(12-18-3-6-22(7-4-18)37(2)34)23-8-5-20(28)13-26(23)25(17)14-27(31)35-16-21-11-19(9-10-29-21)15-36-30(32)33;/h3-13H,14-16H2,1-2H3;1H/b24-12-;. The van der Waals surface area contributed by atoms with Crippen LogP contribution in [0.25, 0.3) is 17.2 Å². The summed E-state index contributed by atoms with van der Waals surface area (Å²) in [6.07, 6.45) is 4.95. The quantitative estimate of drug-likeness (QED) is 0.192. The SMILES string of the molecule is CC1=C(CC(=O)OCc2cc(CO[N+](=O)[O-])ccn2)c2cc(F)ccc2/C1=C\c1ccc(S(C)=O)cc1.Cl. The zero-order valence-corrected chi connectivity index (χ0v) is 22.1. The molecule has 0 fully saturated rings. The molecule has 8 nitrogen and oxygen atoms in total. The zero-order chi connectivity index (χ0) is 26.5. The average molecular weight is 559 g/mol. The minimum atomic E-state index is -1.08. The van der Waals surface area contributed by atoms with Crippen molar-refractivity contribution in [3.8, 4) is 0 Å². The number of carbonyl (C=O) groups excluding carboxylic acids is 1. The third kappa shape index (κ3) is 6.90. The Bertz CT molecular complexity index is 1460. The van der Waals surface area contributed by atoms with Crippen LogP contribution in [-0.2, 0) is 38.4 Å². The van der Waals surface area contributed by atoms with Crippen LogP contribution < -0.4 is 0 Å². The maximum Gasteiger partial charge on any atom is 0.310 e. The van der Waals surface area contributed by atoms with E-state index in [2.05, 4.69) is 9.82 Å². The molecule has 1 heterocycles. The molecule has 3 aromatic rings. The van der Waals surface area contributed by atoms with Gasteiger partial charge in [-0.1, -0.05) is 18.2 Å². The summed E-state index contributed by atoms with van der Waals surface area (Å²) >= 11 is 0. The Morgan fingerprint density at radius 3 is 2.53 bits per heavy atom. The Balaban J connectivity index is 0.00000400. The van der Waals surface area contributed by atoms with Crippen molar-refractivity contribution in [2.75, 3.05) is 6.26 Å². The van der Waals surface area contributed by atoms with E-state index < -0.39 is 27.7 Å². The summed E-state index contributed by atoms with van der Waals surface area (Å²) in [5, 5.41) is 9.51. The van der Waals surface area contributed by atoms with Crippen LogP contribution in [0.3, 0.4) is 0 Å². The first-order valence-corrected chi connectivity index (χ1v) is 12.8. The molecule has 1 atom stereocenters. The van der Waals surface area contributed by atoms with Crippen LogP contribution in [0.5, 0.6) is 0 Å². The molecular formula is C27H24ClFN2O6S. The van der Waals surface area contributed by atoms with E-state index in [0.29, 0.717) is 22.4 Å². The Morgan fingerprint density at radius 2 is 1.84 bits per heavy atom. The van der Waals surface area contributed by atoms with E-state index in [9.17, 15) is 23.5 Å². The molecule has 0 aliphatic heterocycles. The van der Waals surface area contributed by atoms with E-state index in [-0.39, 0.29) is 32.0 Å². The first kappa shape index (κ1) is 28.7. The van der Waals surface area contributed by atoms with Gasteiger partial charge < -0.3 is 9.57 Å². The number of allylic oxidation sites excluding steroid dienone is 2. The van der Waals surface area contributed by atoms with Crippen molar-refractivity contribution in [1.29, 1.82) is 0 Å². The molecule has 0 amide bonds. The zero-order valence-electron chi connectivity index (χ0n) is 20.5. The van der Waals surface area contributed by atoms with E-state index in [1.54, 1.807) is 36.6 Å². The summed E-state index contributed by atoms with van der Waals surface area (Å²) in [6.45, 7) is 1.52. The molecule has 1 aliphatic rings. The minimum absolute atomic E-state index is 0. The van der Waals surface area contributed by atoms with Gasteiger partial charge in [0.15, 0.2) is 0 Å². The third-order valence-electron chi connectivity index (χ3n) is 5.90. The predicted molar refractivity (Wildman–Crippen MR) is 143 cm³/mol. The summed E-state index contributed by atoms with van der Waals surface area (Å²) in [7, 11) is -1.08. The Labute approximate surface area is 227 Å². The van der Waals surface area contributed by atoms with Crippen LogP contribution in [0.1, 0.15) is 41.3 Å². The molecule has 38 heavy (non-hydrogen) atoms. The van der Waals surface area contributed by atoms with Crippen LogP contribution in [-0.4, -0.2) is 26.5 Å². The number of halogens is 2. The number of hydrogen-bond donors (Lipinski definition) is 0. The lowest BCUT2D eigenvalue weighted by Crippen LogP contribution is -2.07. The maximum atomic E-state index is 14.1. The van der Waals surface area contributed by atoms with Gasteiger partial charge in [0.1, 0.15) is 19.0 Å². The highest BCUT2D eigenvalue weighted by molar-refractivity contribution is 7.84. The lowest BCUT2D eigenvalue weighted by molar-refractivity contribution is -0.763. The number of pyridine rings is 1. The Kier molecular flexibility index (Phi) is 9.49. The van der Waals surface area contributed by atoms with Gasteiger partial charge in [0.25, 0.3) is 5.09 Å². The summed E-state index contributed by atoms with van der Waals surface area (Å²) < 4.78 is 31.2. The molecule has 0 bridgehead atoms. The minimum Gasteiger partial charge on any atom is -0.459 e. The van der Waals surface area contributed by atoms with E-state index in [1.165, 1.54) is 18.3 Å². The second kappa shape index (κ2) is 12.6. The van der Waals surface area contributed by atoms with E-state index in [0.717, 1.165) is 27.2 Å². The van der Waals surface area contributed by atoms with Crippen molar-refractivity contribution in [2.24, 2.45) is 0 Å². The van der Waals surface area contributed by atoms with E-state index >= 15 is 0 Å². The summed E-state index contributed by atoms with van der Waals surface area (Å²) in [6, 6.07) is 14.9. The number of nitrogens with zero attached hydrogens (tertiary/aromatic N) is 2. The van der Waals surface area contributed by atoms with Crippen LogP contribution in [0.4, 0.5) is 4.39 Å². The highest BCUT2D eigenvalue weighted by Gasteiger charge is 2.26. The smallest absolute Gasteiger partial charge is 0.310 e. The number of ether oxygens (including phenoxy) is 1. The van der Waals surface area contributed by atoms with Crippen molar-refractivity contribution in [1.82, 2.24) is 4.98 Å². The molecule has 4 rings (SSSR count). The van der Waals surface area contributed by atoms with Crippen molar-refractivity contribution in [3.05, 3.63) is 110 Å². The summed E-state index contributed by atoms with van der Waals surface area (Å²) in [4.78, 5) is 32.3. The molecular weight excluding hydrogens is 535 g/mol. The number of esters is 1. The van der Waals surface area contributed by atoms with Gasteiger partial charge in [-0.05, 0) is 88.4 Å². The van der Waals surface area contributed by atoms with Gasteiger partial charge in [-0.25, -0.2) is 4.39 Å². The van der Waals surface area contributed by atoms with Crippen molar-refractivity contribution in [3.63, 3.8) is 0 Å². The fourth-order valence-electron chi connectivity index (χ4n) is 4.08. The molecule has 0 saturated heterocycles. The van der Waals surface area contributed by atoms with Gasteiger partial charge in [0.2, 0.25) is 0 Å². The molecule has 1 aliphatic carbocycles. The fraction of sp³-hybridized carbons (Fsp3) is 0.185. The van der Waals surface area contributed by atoms with Crippen molar-refractivity contribution >= 4 is 46.4 Å². The molecule has 198 valence electrons. The highest BCUT2D eigenvalue weighted by Crippen LogP contribution is 2.44. The van der Waals surface area contributed by atoms with Crippen molar-refractivity contribution < 1.29 is 28.1 Å². The Morgan fingerprint density at radius 1 is 1.11 bits per heavy atom. The number of rotatable bonds is 9. The number of benzene rings is 2. The summed E-state index contributed by atoms with van der Waals surface area (Å²) in [5.74, 6) is -0.930. The summed E-state index contributed by atoms with van der Waals surface area (Å²) in [5.41, 5.74) is 5.62. The lowest BCUT2D eigenvalue weighted by atomic mass is 10.0. The number of aromatic nitrogens is 1. The van der Waals surface area contributed by atoms with Gasteiger partial charge in [0.05, 0.1) is 12.1 Å². The van der Waals surface area contributed by atoms with Crippen LogP contribution in [0.15, 0.2) is 71.3 Å². The van der Waals surface area contributed by atoms with Crippen LogP contribution in [0, 0.1) is 15.9 Å². The van der Waals surface area contributed by atoms with E-state index in [4.69, 9.17) is 4.74 Å². The Hall–Kier alpha value is -3.89. The van der Waals surface area contributed by atoms with Gasteiger partial charge >= 0.3 is 5.97 Å². The van der Waals surface area contributed by atoms with Gasteiger partial charge in [0, 0.05) is 28.1 Å². The lowest BCUT2D eigenvalue weighted by Gasteiger charge is -2.08. The van der Waals surface area contributed by atoms with Crippen molar-refractivity contribution in [2.45, 2.75) is 31.5 Å². The topological polar surface area (TPSA) is 109 Å².